The maximum Gasteiger partial charge on any atom is 0.162 e. The van der Waals surface area contributed by atoms with Crippen molar-refractivity contribution in [3.63, 3.8) is 0 Å². The van der Waals surface area contributed by atoms with Crippen LogP contribution in [0.2, 0.25) is 0 Å². The van der Waals surface area contributed by atoms with E-state index < -0.39 is 6.04 Å². The van der Waals surface area contributed by atoms with E-state index in [-0.39, 0.29) is 5.78 Å². The van der Waals surface area contributed by atoms with Gasteiger partial charge in [0.05, 0.1) is 18.5 Å². The minimum Gasteiger partial charge on any atom is -0.497 e. The highest BCUT2D eigenvalue weighted by Gasteiger charge is 2.29. The third-order valence-electron chi connectivity index (χ3n) is 5.22. The first kappa shape index (κ1) is 20.3. The van der Waals surface area contributed by atoms with Crippen molar-refractivity contribution in [2.75, 3.05) is 7.11 Å². The number of thiol groups is 1. The van der Waals surface area contributed by atoms with Crippen LogP contribution in [0.4, 0.5) is 0 Å². The summed E-state index contributed by atoms with van der Waals surface area (Å²) in [6.07, 6.45) is 1.64. The highest BCUT2D eigenvalue weighted by molar-refractivity contribution is 7.80. The number of fused-ring (bicyclic) bond motifs is 3. The van der Waals surface area contributed by atoms with E-state index in [4.69, 9.17) is 9.73 Å². The molecule has 2 heterocycles. The van der Waals surface area contributed by atoms with E-state index in [1.54, 1.807) is 7.11 Å². The first-order valence-corrected chi connectivity index (χ1v) is 10.5. The van der Waals surface area contributed by atoms with Crippen molar-refractivity contribution in [2.24, 2.45) is 4.99 Å². The largest absolute Gasteiger partial charge is 0.497 e. The summed E-state index contributed by atoms with van der Waals surface area (Å²) in [6, 6.07) is 13.3. The molecule has 0 spiro atoms. The Hall–Kier alpha value is -2.93. The Morgan fingerprint density at radius 1 is 1.17 bits per heavy atom. The molecular weight excluding hydrogens is 396 g/mol. The molecule has 1 aliphatic heterocycles. The predicted molar refractivity (Wildman–Crippen MR) is 119 cm³/mol. The van der Waals surface area contributed by atoms with Crippen LogP contribution in [0.15, 0.2) is 52.4 Å². The van der Waals surface area contributed by atoms with Crippen LogP contribution in [0.1, 0.15) is 55.0 Å². The Bertz CT molecular complexity index is 1120. The van der Waals surface area contributed by atoms with Crippen LogP contribution in [0.5, 0.6) is 5.75 Å². The molecule has 154 valence electrons. The Balaban J connectivity index is 1.96. The molecular formula is C23H24N4O2S. The third-order valence-corrected chi connectivity index (χ3v) is 5.52. The summed E-state index contributed by atoms with van der Waals surface area (Å²) in [5.74, 6) is 2.35. The second-order valence-electron chi connectivity index (χ2n) is 7.36. The summed E-state index contributed by atoms with van der Waals surface area (Å²) < 4.78 is 7.49. The number of aryl methyl sites for hydroxylation is 1. The van der Waals surface area contributed by atoms with Gasteiger partial charge in [-0.3, -0.25) is 14.4 Å². The van der Waals surface area contributed by atoms with Gasteiger partial charge in [-0.2, -0.15) is 0 Å². The molecule has 3 aromatic rings. The van der Waals surface area contributed by atoms with Crippen LogP contribution >= 0.6 is 12.6 Å². The molecule has 0 saturated heterocycles. The standard InChI is InChI=1S/C23H24N4O2S/c1-4-5-16(28)12-20-23-26-25-14(2)27(23)21-11-8-17(29-3)13-19(21)22(24-20)15-6-9-18(30)10-7-15/h6-11,13,20,30H,4-5,12H2,1-3H3/t20-/m0/s1. The van der Waals surface area contributed by atoms with Gasteiger partial charge in [0.2, 0.25) is 0 Å². The fourth-order valence-electron chi connectivity index (χ4n) is 3.78. The van der Waals surface area contributed by atoms with Crippen LogP contribution in [-0.4, -0.2) is 33.4 Å². The lowest BCUT2D eigenvalue weighted by molar-refractivity contribution is -0.119. The molecule has 0 fully saturated rings. The molecule has 4 rings (SSSR count). The number of nitrogens with zero attached hydrogens (tertiary/aromatic N) is 4. The minimum absolute atomic E-state index is 0.173. The molecule has 0 amide bonds. The summed E-state index contributed by atoms with van der Waals surface area (Å²) in [5, 5.41) is 8.69. The average molecular weight is 421 g/mol. The lowest BCUT2D eigenvalue weighted by atomic mass is 9.99. The lowest BCUT2D eigenvalue weighted by Crippen LogP contribution is -2.11. The van der Waals surface area contributed by atoms with Crippen molar-refractivity contribution >= 4 is 24.1 Å². The molecule has 0 radical (unpaired) electrons. The maximum atomic E-state index is 12.5. The molecule has 0 unspecified atom stereocenters. The van der Waals surface area contributed by atoms with Crippen LogP contribution in [0, 0.1) is 6.92 Å². The lowest BCUT2D eigenvalue weighted by Gasteiger charge is -2.14. The van der Waals surface area contributed by atoms with Crippen molar-refractivity contribution in [2.45, 2.75) is 44.0 Å². The number of hydrogen-bond acceptors (Lipinski definition) is 6. The first-order valence-electron chi connectivity index (χ1n) is 10.0. The summed E-state index contributed by atoms with van der Waals surface area (Å²) in [7, 11) is 1.65. The van der Waals surface area contributed by atoms with E-state index in [9.17, 15) is 4.79 Å². The Labute approximate surface area is 181 Å². The summed E-state index contributed by atoms with van der Waals surface area (Å²) in [5.41, 5.74) is 3.59. The number of methoxy groups -OCH3 is 1. The second kappa shape index (κ2) is 8.44. The number of ketones is 1. The van der Waals surface area contributed by atoms with E-state index in [1.165, 1.54) is 0 Å². The summed E-state index contributed by atoms with van der Waals surface area (Å²) >= 11 is 4.41. The van der Waals surface area contributed by atoms with E-state index in [1.807, 2.05) is 60.9 Å². The molecule has 0 N–H and O–H groups in total. The molecule has 0 aliphatic carbocycles. The zero-order chi connectivity index (χ0) is 21.3. The van der Waals surface area contributed by atoms with E-state index in [2.05, 4.69) is 22.8 Å². The maximum absolute atomic E-state index is 12.5. The normalized spacial score (nSPS) is 15.1. The molecule has 2 aromatic carbocycles. The van der Waals surface area contributed by atoms with Crippen molar-refractivity contribution in [3.05, 3.63) is 65.2 Å². The number of hydrogen-bond donors (Lipinski definition) is 1. The number of carbonyl (C=O) groups excluding carboxylic acids is 1. The minimum atomic E-state index is -0.408. The number of aliphatic imine (C=N–C) groups is 1. The Kier molecular flexibility index (Phi) is 5.72. The molecule has 1 atom stereocenters. The molecule has 30 heavy (non-hydrogen) atoms. The zero-order valence-electron chi connectivity index (χ0n) is 17.3. The van der Waals surface area contributed by atoms with Crippen LogP contribution in [0.25, 0.3) is 5.69 Å². The topological polar surface area (TPSA) is 69.4 Å². The SMILES string of the molecule is CCCC(=O)C[C@@H]1N=C(c2ccc(S)cc2)c2cc(OC)ccc2-n2c(C)nnc21. The van der Waals surface area contributed by atoms with Crippen LogP contribution in [-0.2, 0) is 4.79 Å². The number of carbonyl (C=O) groups is 1. The fourth-order valence-corrected chi connectivity index (χ4v) is 3.93. The van der Waals surface area contributed by atoms with Gasteiger partial charge in [0, 0.05) is 28.9 Å². The third kappa shape index (κ3) is 3.77. The Morgan fingerprint density at radius 2 is 1.93 bits per heavy atom. The molecule has 1 aromatic heterocycles. The average Bonchev–Trinajstić information content (AvgIpc) is 3.06. The van der Waals surface area contributed by atoms with E-state index in [0.29, 0.717) is 18.7 Å². The van der Waals surface area contributed by atoms with Crippen molar-refractivity contribution in [1.82, 2.24) is 14.8 Å². The first-order chi connectivity index (χ1) is 14.5. The van der Waals surface area contributed by atoms with Gasteiger partial charge in [-0.1, -0.05) is 19.1 Å². The second-order valence-corrected chi connectivity index (χ2v) is 7.87. The highest BCUT2D eigenvalue weighted by Crippen LogP contribution is 2.34. The van der Waals surface area contributed by atoms with Gasteiger partial charge in [-0.15, -0.1) is 22.8 Å². The number of aromatic nitrogens is 3. The van der Waals surface area contributed by atoms with Gasteiger partial charge in [-0.05, 0) is 43.7 Å². The van der Waals surface area contributed by atoms with Crippen molar-refractivity contribution < 1.29 is 9.53 Å². The van der Waals surface area contributed by atoms with E-state index >= 15 is 0 Å². The van der Waals surface area contributed by atoms with Crippen LogP contribution in [0.3, 0.4) is 0 Å². The summed E-state index contributed by atoms with van der Waals surface area (Å²) in [6.45, 7) is 3.92. The van der Waals surface area contributed by atoms with Gasteiger partial charge in [-0.25, -0.2) is 0 Å². The molecule has 0 saturated carbocycles. The van der Waals surface area contributed by atoms with Crippen LogP contribution < -0.4 is 4.74 Å². The molecule has 6 nitrogen and oxygen atoms in total. The molecule has 7 heteroatoms. The summed E-state index contributed by atoms with van der Waals surface area (Å²) in [4.78, 5) is 18.5. The van der Waals surface area contributed by atoms with Gasteiger partial charge < -0.3 is 4.74 Å². The zero-order valence-corrected chi connectivity index (χ0v) is 18.2. The van der Waals surface area contributed by atoms with Crippen molar-refractivity contribution in [1.29, 1.82) is 0 Å². The predicted octanol–water partition coefficient (Wildman–Crippen LogP) is 4.52. The number of Topliss-reactive ketones (excluding diaryl/α,β-unsaturated/α-hetero) is 1. The number of rotatable bonds is 6. The van der Waals surface area contributed by atoms with Gasteiger partial charge >= 0.3 is 0 Å². The number of ether oxygens (including phenoxy) is 1. The van der Waals surface area contributed by atoms with Gasteiger partial charge in [0.1, 0.15) is 23.4 Å². The van der Waals surface area contributed by atoms with Crippen molar-refractivity contribution in [3.8, 4) is 11.4 Å². The quantitative estimate of drug-likeness (QED) is 0.595. The fraction of sp³-hybridized carbons (Fsp3) is 0.304. The smallest absolute Gasteiger partial charge is 0.162 e. The van der Waals surface area contributed by atoms with Gasteiger partial charge in [0.15, 0.2) is 5.82 Å². The molecule has 1 aliphatic rings. The Morgan fingerprint density at radius 3 is 2.63 bits per heavy atom. The number of benzene rings is 2. The molecule has 0 bridgehead atoms. The highest BCUT2D eigenvalue weighted by atomic mass is 32.1. The van der Waals surface area contributed by atoms with Gasteiger partial charge in [0.25, 0.3) is 0 Å². The monoisotopic (exact) mass is 420 g/mol. The van der Waals surface area contributed by atoms with E-state index in [0.717, 1.165) is 45.4 Å².